The van der Waals surface area contributed by atoms with Gasteiger partial charge in [0.15, 0.2) is 5.82 Å². The minimum atomic E-state index is -4.67. The van der Waals surface area contributed by atoms with Gasteiger partial charge in [0, 0.05) is 12.6 Å². The Morgan fingerprint density at radius 1 is 1.17 bits per heavy atom. The van der Waals surface area contributed by atoms with Crippen molar-refractivity contribution in [2.45, 2.75) is 12.9 Å². The standard InChI is InChI=1S/C11H9F3N2O2/c12-11(13,14)18-9-3-1-8(2-4-9)7-15-10-5-6-17-16-10/h1-6H,7H2,(H,15,16). The first-order valence-electron chi connectivity index (χ1n) is 5.02. The molecule has 1 N–H and O–H groups in total. The maximum absolute atomic E-state index is 11.9. The van der Waals surface area contributed by atoms with E-state index in [0.29, 0.717) is 12.4 Å². The summed E-state index contributed by atoms with van der Waals surface area (Å²) in [6, 6.07) is 7.23. The molecule has 0 atom stereocenters. The Balaban J connectivity index is 1.91. The fourth-order valence-corrected chi connectivity index (χ4v) is 1.31. The van der Waals surface area contributed by atoms with E-state index in [0.717, 1.165) is 5.56 Å². The topological polar surface area (TPSA) is 47.3 Å². The van der Waals surface area contributed by atoms with Gasteiger partial charge < -0.3 is 14.6 Å². The second-order valence-electron chi connectivity index (χ2n) is 3.43. The van der Waals surface area contributed by atoms with Crippen molar-refractivity contribution in [2.75, 3.05) is 5.32 Å². The van der Waals surface area contributed by atoms with E-state index in [1.165, 1.54) is 30.5 Å². The first-order valence-corrected chi connectivity index (χ1v) is 5.02. The summed E-state index contributed by atoms with van der Waals surface area (Å²) in [6.07, 6.45) is -3.25. The zero-order chi connectivity index (χ0) is 13.0. The third kappa shape index (κ3) is 3.69. The summed E-state index contributed by atoms with van der Waals surface area (Å²) >= 11 is 0. The number of aromatic nitrogens is 1. The Labute approximate surface area is 100 Å². The van der Waals surface area contributed by atoms with E-state index >= 15 is 0 Å². The molecule has 0 radical (unpaired) electrons. The summed E-state index contributed by atoms with van der Waals surface area (Å²) in [5, 5.41) is 6.58. The van der Waals surface area contributed by atoms with E-state index in [2.05, 4.69) is 19.7 Å². The zero-order valence-corrected chi connectivity index (χ0v) is 9.07. The fourth-order valence-electron chi connectivity index (χ4n) is 1.31. The van der Waals surface area contributed by atoms with Crippen LogP contribution in [0.1, 0.15) is 5.56 Å². The lowest BCUT2D eigenvalue weighted by Crippen LogP contribution is -2.17. The molecule has 0 aliphatic heterocycles. The normalized spacial score (nSPS) is 11.3. The van der Waals surface area contributed by atoms with Crippen molar-refractivity contribution in [3.05, 3.63) is 42.2 Å². The van der Waals surface area contributed by atoms with Gasteiger partial charge in [0.05, 0.1) is 0 Å². The second-order valence-corrected chi connectivity index (χ2v) is 3.43. The van der Waals surface area contributed by atoms with Crippen LogP contribution in [0.3, 0.4) is 0 Å². The van der Waals surface area contributed by atoms with Gasteiger partial charge in [-0.2, -0.15) is 0 Å². The van der Waals surface area contributed by atoms with Crippen LogP contribution in [-0.4, -0.2) is 11.5 Å². The number of rotatable bonds is 4. The molecule has 0 fully saturated rings. The van der Waals surface area contributed by atoms with E-state index in [4.69, 9.17) is 0 Å². The van der Waals surface area contributed by atoms with Crippen molar-refractivity contribution >= 4 is 5.82 Å². The van der Waals surface area contributed by atoms with E-state index in [1.807, 2.05) is 0 Å². The molecule has 2 aromatic rings. The molecule has 0 bridgehead atoms. The van der Waals surface area contributed by atoms with Crippen LogP contribution in [-0.2, 0) is 6.54 Å². The largest absolute Gasteiger partial charge is 0.573 e. The summed E-state index contributed by atoms with van der Waals surface area (Å²) in [5.74, 6) is 0.318. The Bertz CT molecular complexity index is 480. The number of hydrogen-bond donors (Lipinski definition) is 1. The molecule has 18 heavy (non-hydrogen) atoms. The molecule has 96 valence electrons. The number of nitrogens with zero attached hydrogens (tertiary/aromatic N) is 1. The molecule has 0 unspecified atom stereocenters. The van der Waals surface area contributed by atoms with Crippen LogP contribution in [0.5, 0.6) is 5.75 Å². The van der Waals surface area contributed by atoms with Gasteiger partial charge in [-0.1, -0.05) is 17.3 Å². The molecule has 2 rings (SSSR count). The third-order valence-corrected chi connectivity index (χ3v) is 2.07. The number of alkyl halides is 3. The second kappa shape index (κ2) is 4.99. The van der Waals surface area contributed by atoms with Gasteiger partial charge in [0.1, 0.15) is 12.0 Å². The molecular formula is C11H9F3N2O2. The Morgan fingerprint density at radius 3 is 2.44 bits per heavy atom. The Hall–Kier alpha value is -2.18. The molecule has 0 amide bonds. The predicted molar refractivity (Wildman–Crippen MR) is 57.0 cm³/mol. The summed E-state index contributed by atoms with van der Waals surface area (Å²) in [7, 11) is 0. The van der Waals surface area contributed by atoms with Gasteiger partial charge in [-0.3, -0.25) is 0 Å². The zero-order valence-electron chi connectivity index (χ0n) is 9.07. The lowest BCUT2D eigenvalue weighted by atomic mass is 10.2. The molecule has 0 saturated heterocycles. The maximum atomic E-state index is 11.9. The molecule has 1 aromatic heterocycles. The highest BCUT2D eigenvalue weighted by molar-refractivity contribution is 5.34. The van der Waals surface area contributed by atoms with Gasteiger partial charge in [0.25, 0.3) is 0 Å². The van der Waals surface area contributed by atoms with Gasteiger partial charge >= 0.3 is 6.36 Å². The van der Waals surface area contributed by atoms with Crippen molar-refractivity contribution in [3.8, 4) is 5.75 Å². The minimum absolute atomic E-state index is 0.243. The smallest absolute Gasteiger partial charge is 0.406 e. The SMILES string of the molecule is FC(F)(F)Oc1ccc(CNc2ccon2)cc1. The highest BCUT2D eigenvalue weighted by atomic mass is 19.4. The van der Waals surface area contributed by atoms with Gasteiger partial charge in [-0.05, 0) is 17.7 Å². The Morgan fingerprint density at radius 2 is 1.89 bits per heavy atom. The average molecular weight is 258 g/mol. The lowest BCUT2D eigenvalue weighted by molar-refractivity contribution is -0.274. The first kappa shape index (κ1) is 12.3. The van der Waals surface area contributed by atoms with Crippen LogP contribution in [0.25, 0.3) is 0 Å². The summed E-state index contributed by atoms with van der Waals surface area (Å²) < 4.78 is 44.1. The van der Waals surface area contributed by atoms with Crippen molar-refractivity contribution < 1.29 is 22.4 Å². The molecule has 0 aliphatic carbocycles. The number of hydrogen-bond acceptors (Lipinski definition) is 4. The third-order valence-electron chi connectivity index (χ3n) is 2.07. The Kier molecular flexibility index (Phi) is 3.40. The molecule has 0 aliphatic rings. The maximum Gasteiger partial charge on any atom is 0.573 e. The molecule has 0 saturated carbocycles. The summed E-state index contributed by atoms with van der Waals surface area (Å²) in [5.41, 5.74) is 0.799. The van der Waals surface area contributed by atoms with Crippen LogP contribution < -0.4 is 10.1 Å². The van der Waals surface area contributed by atoms with Crippen LogP contribution >= 0.6 is 0 Å². The monoisotopic (exact) mass is 258 g/mol. The first-order chi connectivity index (χ1) is 8.53. The quantitative estimate of drug-likeness (QED) is 0.914. The van der Waals surface area contributed by atoms with Crippen LogP contribution in [0.2, 0.25) is 0 Å². The van der Waals surface area contributed by atoms with Crippen LogP contribution in [0.15, 0.2) is 41.1 Å². The van der Waals surface area contributed by atoms with Crippen molar-refractivity contribution in [2.24, 2.45) is 0 Å². The van der Waals surface area contributed by atoms with Crippen molar-refractivity contribution in [3.63, 3.8) is 0 Å². The van der Waals surface area contributed by atoms with E-state index in [9.17, 15) is 13.2 Å². The van der Waals surface area contributed by atoms with Gasteiger partial charge in [-0.15, -0.1) is 13.2 Å². The van der Waals surface area contributed by atoms with Crippen molar-refractivity contribution in [1.29, 1.82) is 0 Å². The molecule has 4 nitrogen and oxygen atoms in total. The molecular weight excluding hydrogens is 249 g/mol. The number of ether oxygens (including phenoxy) is 1. The number of nitrogens with one attached hydrogen (secondary N) is 1. The highest BCUT2D eigenvalue weighted by Gasteiger charge is 2.30. The molecule has 7 heteroatoms. The van der Waals surface area contributed by atoms with Gasteiger partial charge in [0.2, 0.25) is 0 Å². The lowest BCUT2D eigenvalue weighted by Gasteiger charge is -2.09. The number of anilines is 1. The average Bonchev–Trinajstić information content (AvgIpc) is 2.79. The van der Waals surface area contributed by atoms with E-state index in [1.54, 1.807) is 6.07 Å². The minimum Gasteiger partial charge on any atom is -0.406 e. The molecule has 1 aromatic carbocycles. The summed E-state index contributed by atoms with van der Waals surface area (Å²) in [4.78, 5) is 0. The number of halogens is 3. The highest BCUT2D eigenvalue weighted by Crippen LogP contribution is 2.22. The predicted octanol–water partition coefficient (Wildman–Crippen LogP) is 3.19. The fraction of sp³-hybridized carbons (Fsp3) is 0.182. The van der Waals surface area contributed by atoms with Crippen LogP contribution in [0.4, 0.5) is 19.0 Å². The van der Waals surface area contributed by atoms with Crippen LogP contribution in [0, 0.1) is 0 Å². The molecule has 0 spiro atoms. The summed E-state index contributed by atoms with van der Waals surface area (Å²) in [6.45, 7) is 0.429. The van der Waals surface area contributed by atoms with E-state index in [-0.39, 0.29) is 5.75 Å². The van der Waals surface area contributed by atoms with Gasteiger partial charge in [-0.25, -0.2) is 0 Å². The molecule has 1 heterocycles. The number of benzene rings is 1. The van der Waals surface area contributed by atoms with Crippen molar-refractivity contribution in [1.82, 2.24) is 5.16 Å². The van der Waals surface area contributed by atoms with E-state index < -0.39 is 6.36 Å².